The van der Waals surface area contributed by atoms with E-state index in [0.29, 0.717) is 28.1 Å². The molecule has 3 heterocycles. The van der Waals surface area contributed by atoms with Crippen LogP contribution in [-0.2, 0) is 9.53 Å². The summed E-state index contributed by atoms with van der Waals surface area (Å²) < 4.78 is 5.21. The molecule has 12 nitrogen and oxygen atoms in total. The smallest absolute Gasteiger partial charge is 0.408 e. The Morgan fingerprint density at radius 3 is 2.51 bits per heavy atom. The lowest BCUT2D eigenvalue weighted by molar-refractivity contribution is -0.140. The predicted molar refractivity (Wildman–Crippen MR) is 184 cm³/mol. The van der Waals surface area contributed by atoms with Crippen LogP contribution in [0.2, 0.25) is 5.02 Å². The minimum atomic E-state index is -1.07. The van der Waals surface area contributed by atoms with Gasteiger partial charge in [-0.2, -0.15) is 0 Å². The van der Waals surface area contributed by atoms with Gasteiger partial charge in [0.15, 0.2) is 5.01 Å². The summed E-state index contributed by atoms with van der Waals surface area (Å²) >= 11 is 7.69. The number of ether oxygens (including phenoxy) is 1. The molecule has 3 aromatic rings. The average molecular weight is 686 g/mol. The van der Waals surface area contributed by atoms with E-state index in [1.165, 1.54) is 11.3 Å². The number of aryl methyl sites for hydroxylation is 2. The van der Waals surface area contributed by atoms with Crippen LogP contribution in [0, 0.1) is 19.8 Å². The van der Waals surface area contributed by atoms with Crippen LogP contribution in [0.5, 0.6) is 0 Å². The number of nitrogens with zero attached hydrogens (tertiary/aromatic N) is 5. The number of benzene rings is 1. The SMILES string of the molecule is Cc1nc(NC(=O)c2ncc(-c3c(C)cccc3Cl)s2)cc(N2CCN(CCCC(C)CC(NC(=O)OC(C)(C)C)C(=O)O)CC2)n1. The van der Waals surface area contributed by atoms with E-state index >= 15 is 0 Å². The van der Waals surface area contributed by atoms with Crippen LogP contribution in [0.4, 0.5) is 16.4 Å². The molecule has 1 saturated heterocycles. The van der Waals surface area contributed by atoms with Gasteiger partial charge in [-0.1, -0.05) is 30.7 Å². The number of nitrogens with one attached hydrogen (secondary N) is 2. The Balaban J connectivity index is 1.25. The molecule has 2 aromatic heterocycles. The van der Waals surface area contributed by atoms with Gasteiger partial charge in [0.05, 0.1) is 4.88 Å². The molecule has 0 spiro atoms. The number of carboxylic acid groups (broad SMARTS) is 1. The number of aromatic nitrogens is 3. The van der Waals surface area contributed by atoms with Crippen molar-refractivity contribution >= 4 is 52.5 Å². The van der Waals surface area contributed by atoms with E-state index in [1.807, 2.05) is 32.0 Å². The maximum Gasteiger partial charge on any atom is 0.408 e. The lowest BCUT2D eigenvalue weighted by Crippen LogP contribution is -2.47. The van der Waals surface area contributed by atoms with Crippen LogP contribution in [0.3, 0.4) is 0 Å². The largest absolute Gasteiger partial charge is 0.480 e. The van der Waals surface area contributed by atoms with E-state index in [4.69, 9.17) is 16.3 Å². The van der Waals surface area contributed by atoms with Crippen LogP contribution in [0.1, 0.15) is 68.1 Å². The molecule has 1 aromatic carbocycles. The van der Waals surface area contributed by atoms with Gasteiger partial charge >= 0.3 is 12.1 Å². The summed E-state index contributed by atoms with van der Waals surface area (Å²) in [6.45, 7) is 15.1. The Hall–Kier alpha value is -3.81. The lowest BCUT2D eigenvalue weighted by atomic mass is 9.96. The monoisotopic (exact) mass is 685 g/mol. The Morgan fingerprint density at radius 2 is 1.85 bits per heavy atom. The number of halogens is 1. The lowest BCUT2D eigenvalue weighted by Gasteiger charge is -2.35. The molecule has 47 heavy (non-hydrogen) atoms. The van der Waals surface area contributed by atoms with E-state index in [9.17, 15) is 19.5 Å². The predicted octanol–water partition coefficient (Wildman–Crippen LogP) is 6.03. The number of hydrogen-bond donors (Lipinski definition) is 3. The summed E-state index contributed by atoms with van der Waals surface area (Å²) in [5, 5.41) is 15.9. The second-order valence-corrected chi connectivity index (χ2v) is 14.4. The van der Waals surface area contributed by atoms with Crippen molar-refractivity contribution in [2.45, 2.75) is 72.4 Å². The van der Waals surface area contributed by atoms with E-state index in [-0.39, 0.29) is 11.8 Å². The van der Waals surface area contributed by atoms with Crippen molar-refractivity contribution in [1.82, 2.24) is 25.2 Å². The van der Waals surface area contributed by atoms with E-state index in [1.54, 1.807) is 40.0 Å². The van der Waals surface area contributed by atoms with Gasteiger partial charge in [-0.25, -0.2) is 24.5 Å². The molecule has 1 aliphatic rings. The van der Waals surface area contributed by atoms with Gasteiger partial charge in [-0.15, -0.1) is 11.3 Å². The van der Waals surface area contributed by atoms with Gasteiger partial charge in [0, 0.05) is 49.0 Å². The van der Waals surface area contributed by atoms with Crippen LogP contribution < -0.4 is 15.5 Å². The number of rotatable bonds is 12. The van der Waals surface area contributed by atoms with Crippen molar-refractivity contribution in [1.29, 1.82) is 0 Å². The molecule has 0 bridgehead atoms. The molecule has 1 fully saturated rings. The second kappa shape index (κ2) is 15.9. The number of piperazine rings is 1. The van der Waals surface area contributed by atoms with Gasteiger partial charge in [0.1, 0.15) is 29.1 Å². The molecule has 0 saturated carbocycles. The number of carboxylic acids is 1. The van der Waals surface area contributed by atoms with Crippen molar-refractivity contribution in [3.63, 3.8) is 0 Å². The third-order valence-corrected chi connectivity index (χ3v) is 9.06. The summed E-state index contributed by atoms with van der Waals surface area (Å²) in [7, 11) is 0. The van der Waals surface area contributed by atoms with Crippen molar-refractivity contribution in [3.05, 3.63) is 51.9 Å². The first kappa shape index (κ1) is 36.0. The molecule has 14 heteroatoms. The number of hydrogen-bond acceptors (Lipinski definition) is 10. The number of alkyl carbamates (subject to hydrolysis) is 1. The van der Waals surface area contributed by atoms with Crippen LogP contribution in [0.25, 0.3) is 10.4 Å². The molecule has 0 aliphatic carbocycles. The summed E-state index contributed by atoms with van der Waals surface area (Å²) in [6.07, 6.45) is 3.03. The Bertz CT molecular complexity index is 1550. The topological polar surface area (TPSA) is 150 Å². The Kier molecular flexibility index (Phi) is 12.2. The third kappa shape index (κ3) is 10.6. The number of aliphatic carboxylic acids is 1. The Morgan fingerprint density at radius 1 is 1.13 bits per heavy atom. The second-order valence-electron chi connectivity index (χ2n) is 12.9. The van der Waals surface area contributed by atoms with Gasteiger partial charge in [-0.05, 0) is 78.0 Å². The molecule has 254 valence electrons. The molecule has 2 atom stereocenters. The number of carbonyl (C=O) groups excluding carboxylic acids is 2. The number of amides is 2. The van der Waals surface area contributed by atoms with E-state index in [2.05, 4.69) is 35.4 Å². The number of thiazole rings is 1. The summed E-state index contributed by atoms with van der Waals surface area (Å²) in [5.74, 6) is 0.430. The molecule has 1 aliphatic heterocycles. The molecule has 0 radical (unpaired) electrons. The summed E-state index contributed by atoms with van der Waals surface area (Å²) in [4.78, 5) is 55.6. The fraction of sp³-hybridized carbons (Fsp3) is 0.515. The maximum absolute atomic E-state index is 13.1. The minimum Gasteiger partial charge on any atom is -0.480 e. The van der Waals surface area contributed by atoms with Crippen LogP contribution >= 0.6 is 22.9 Å². The highest BCUT2D eigenvalue weighted by atomic mass is 35.5. The molecule has 4 rings (SSSR count). The third-order valence-electron chi connectivity index (χ3n) is 7.73. The Labute approximate surface area is 284 Å². The fourth-order valence-corrected chi connectivity index (χ4v) is 6.76. The fourth-order valence-electron chi connectivity index (χ4n) is 5.44. The summed E-state index contributed by atoms with van der Waals surface area (Å²) in [5.41, 5.74) is 1.19. The standard InChI is InChI=1S/C33H44ClN7O5S/c1-20(17-24(31(43)44)38-32(45)46-33(4,5)6)9-8-12-40-13-15-41(16-14-40)27-18-26(36-22(3)37-27)39-29(42)30-35-19-25(47-30)28-21(2)10-7-11-23(28)34/h7,10-11,18-20,24H,8-9,12-17H2,1-6H3,(H,38,45)(H,43,44)(H,36,37,39,42). The molecule has 3 N–H and O–H groups in total. The number of anilines is 2. The molecule has 2 amide bonds. The van der Waals surface area contributed by atoms with Crippen LogP contribution in [-0.4, -0.2) is 87.3 Å². The van der Waals surface area contributed by atoms with Gasteiger partial charge in [0.25, 0.3) is 5.91 Å². The quantitative estimate of drug-likeness (QED) is 0.206. The van der Waals surface area contributed by atoms with Crippen molar-refractivity contribution < 1.29 is 24.2 Å². The first-order valence-electron chi connectivity index (χ1n) is 15.8. The van der Waals surface area contributed by atoms with E-state index < -0.39 is 23.7 Å². The van der Waals surface area contributed by atoms with Crippen molar-refractivity contribution in [2.75, 3.05) is 42.9 Å². The van der Waals surface area contributed by atoms with Gasteiger partial charge < -0.3 is 25.4 Å². The van der Waals surface area contributed by atoms with E-state index in [0.717, 1.165) is 67.4 Å². The first-order valence-corrected chi connectivity index (χ1v) is 17.0. The number of carbonyl (C=O) groups is 3. The molecular weight excluding hydrogens is 642 g/mol. The highest BCUT2D eigenvalue weighted by Crippen LogP contribution is 2.35. The maximum atomic E-state index is 13.1. The minimum absolute atomic E-state index is 0.112. The van der Waals surface area contributed by atoms with Crippen molar-refractivity contribution in [2.24, 2.45) is 5.92 Å². The summed E-state index contributed by atoms with van der Waals surface area (Å²) in [6, 6.07) is 6.49. The zero-order valence-corrected chi connectivity index (χ0v) is 29.4. The zero-order valence-electron chi connectivity index (χ0n) is 27.8. The zero-order chi connectivity index (χ0) is 34.3. The highest BCUT2D eigenvalue weighted by Gasteiger charge is 2.26. The van der Waals surface area contributed by atoms with Gasteiger partial charge in [0.2, 0.25) is 0 Å². The normalized spacial score (nSPS) is 15.2. The average Bonchev–Trinajstić information content (AvgIpc) is 3.46. The van der Waals surface area contributed by atoms with Crippen LogP contribution in [0.15, 0.2) is 30.5 Å². The molecule has 2 unspecified atom stereocenters. The van der Waals surface area contributed by atoms with Gasteiger partial charge in [-0.3, -0.25) is 9.69 Å². The van der Waals surface area contributed by atoms with Crippen molar-refractivity contribution in [3.8, 4) is 10.4 Å². The first-order chi connectivity index (χ1) is 22.2. The highest BCUT2D eigenvalue weighted by molar-refractivity contribution is 7.17. The molecular formula is C33H44ClN7O5S.